The van der Waals surface area contributed by atoms with E-state index in [2.05, 4.69) is 25.9 Å². The van der Waals surface area contributed by atoms with Gasteiger partial charge in [-0.05, 0) is 40.2 Å². The average molecular weight is 441 g/mol. The topological polar surface area (TPSA) is 35.0 Å². The van der Waals surface area contributed by atoms with E-state index in [4.69, 9.17) is 4.74 Å². The van der Waals surface area contributed by atoms with Crippen molar-refractivity contribution in [1.82, 2.24) is 9.97 Å². The molecule has 0 saturated heterocycles. The fraction of sp³-hybridized carbons (Fsp3) is 0.167. The molecule has 0 atom stereocenters. The first-order valence-corrected chi connectivity index (χ1v) is 7.52. The number of alkyl halides is 3. The molecule has 0 N–H and O–H groups in total. The van der Waals surface area contributed by atoms with Crippen molar-refractivity contribution in [2.75, 3.05) is 4.43 Å². The van der Waals surface area contributed by atoms with Gasteiger partial charge in [-0.1, -0.05) is 22.6 Å². The SMILES string of the molecule is FC(F)(CI)c1ccc(Oc2ncncc2Br)cc1. The number of rotatable bonds is 4. The first-order chi connectivity index (χ1) is 9.03. The number of benzene rings is 1. The van der Waals surface area contributed by atoms with E-state index < -0.39 is 5.92 Å². The van der Waals surface area contributed by atoms with Crippen LogP contribution < -0.4 is 4.74 Å². The van der Waals surface area contributed by atoms with Crippen LogP contribution in [0.4, 0.5) is 8.78 Å². The lowest BCUT2D eigenvalue weighted by molar-refractivity contribution is 0.0265. The zero-order chi connectivity index (χ0) is 13.9. The zero-order valence-corrected chi connectivity index (χ0v) is 13.2. The summed E-state index contributed by atoms with van der Waals surface area (Å²) < 4.78 is 32.7. The van der Waals surface area contributed by atoms with Crippen LogP contribution in [-0.4, -0.2) is 14.4 Å². The molecule has 2 aromatic rings. The smallest absolute Gasteiger partial charge is 0.282 e. The Hall–Kier alpha value is -0.830. The van der Waals surface area contributed by atoms with Crippen molar-refractivity contribution in [2.24, 2.45) is 0 Å². The Labute approximate surface area is 130 Å². The van der Waals surface area contributed by atoms with Crippen LogP contribution in [-0.2, 0) is 5.92 Å². The Bertz CT molecular complexity index is 566. The quantitative estimate of drug-likeness (QED) is 0.516. The molecule has 0 aliphatic heterocycles. The predicted octanol–water partition coefficient (Wildman–Crippen LogP) is 4.56. The Morgan fingerprint density at radius 1 is 1.26 bits per heavy atom. The van der Waals surface area contributed by atoms with Gasteiger partial charge in [-0.15, -0.1) is 0 Å². The highest BCUT2D eigenvalue weighted by molar-refractivity contribution is 14.1. The van der Waals surface area contributed by atoms with Gasteiger partial charge in [0, 0.05) is 11.8 Å². The third-order valence-electron chi connectivity index (χ3n) is 2.29. The van der Waals surface area contributed by atoms with Gasteiger partial charge >= 0.3 is 0 Å². The molecule has 0 radical (unpaired) electrons. The molecule has 1 aromatic carbocycles. The lowest BCUT2D eigenvalue weighted by atomic mass is 10.1. The fourth-order valence-corrected chi connectivity index (χ4v) is 2.07. The minimum atomic E-state index is -2.82. The molecule has 1 heterocycles. The molecule has 0 spiro atoms. The maximum atomic E-state index is 13.4. The Balaban J connectivity index is 2.18. The second kappa shape index (κ2) is 6.08. The number of ether oxygens (including phenoxy) is 1. The van der Waals surface area contributed by atoms with Crippen LogP contribution in [0.1, 0.15) is 5.56 Å². The Morgan fingerprint density at radius 3 is 2.53 bits per heavy atom. The van der Waals surface area contributed by atoms with Crippen molar-refractivity contribution < 1.29 is 13.5 Å². The van der Waals surface area contributed by atoms with Gasteiger partial charge in [-0.25, -0.2) is 18.7 Å². The van der Waals surface area contributed by atoms with Crippen molar-refractivity contribution in [3.05, 3.63) is 46.8 Å². The molecular weight excluding hydrogens is 433 g/mol. The van der Waals surface area contributed by atoms with Gasteiger partial charge < -0.3 is 4.74 Å². The number of hydrogen-bond acceptors (Lipinski definition) is 3. The number of halogens is 4. The molecule has 100 valence electrons. The molecule has 0 aliphatic carbocycles. The van der Waals surface area contributed by atoms with E-state index in [1.54, 1.807) is 28.8 Å². The molecule has 19 heavy (non-hydrogen) atoms. The zero-order valence-electron chi connectivity index (χ0n) is 9.49. The summed E-state index contributed by atoms with van der Waals surface area (Å²) in [6.45, 7) is 0. The van der Waals surface area contributed by atoms with Crippen molar-refractivity contribution in [2.45, 2.75) is 5.92 Å². The molecule has 0 bridgehead atoms. The second-order valence-corrected chi connectivity index (χ2v) is 5.26. The van der Waals surface area contributed by atoms with Crippen LogP contribution in [0.25, 0.3) is 0 Å². The van der Waals surface area contributed by atoms with Crippen molar-refractivity contribution in [1.29, 1.82) is 0 Å². The minimum Gasteiger partial charge on any atom is -0.438 e. The van der Waals surface area contributed by atoms with Gasteiger partial charge in [-0.2, -0.15) is 0 Å². The average Bonchev–Trinajstić information content (AvgIpc) is 2.42. The standard InChI is InChI=1S/C12H8BrF2IN2O/c13-10-5-17-7-18-11(10)19-9-3-1-8(2-4-9)12(14,15)6-16/h1-5,7H,6H2. The third-order valence-corrected chi connectivity index (χ3v) is 3.79. The number of nitrogens with zero attached hydrogens (tertiary/aromatic N) is 2. The Kier molecular flexibility index (Phi) is 4.67. The summed E-state index contributed by atoms with van der Waals surface area (Å²) in [4.78, 5) is 7.74. The van der Waals surface area contributed by atoms with Crippen LogP contribution in [0, 0.1) is 0 Å². The summed E-state index contributed by atoms with van der Waals surface area (Å²) in [6.07, 6.45) is 2.89. The lowest BCUT2D eigenvalue weighted by Gasteiger charge is -2.14. The van der Waals surface area contributed by atoms with E-state index >= 15 is 0 Å². The molecule has 0 fully saturated rings. The van der Waals surface area contributed by atoms with E-state index in [9.17, 15) is 8.78 Å². The van der Waals surface area contributed by atoms with Gasteiger partial charge in [0.15, 0.2) is 0 Å². The number of hydrogen-bond donors (Lipinski definition) is 0. The van der Waals surface area contributed by atoms with E-state index in [-0.39, 0.29) is 9.99 Å². The highest BCUT2D eigenvalue weighted by atomic mass is 127. The van der Waals surface area contributed by atoms with Crippen LogP contribution in [0.5, 0.6) is 11.6 Å². The predicted molar refractivity (Wildman–Crippen MR) is 79.0 cm³/mol. The highest BCUT2D eigenvalue weighted by Gasteiger charge is 2.29. The van der Waals surface area contributed by atoms with Gasteiger partial charge in [-0.3, -0.25) is 0 Å². The molecule has 0 amide bonds. The molecular formula is C12H8BrF2IN2O. The molecule has 1 aromatic heterocycles. The van der Waals surface area contributed by atoms with Crippen molar-refractivity contribution in [3.63, 3.8) is 0 Å². The van der Waals surface area contributed by atoms with E-state index in [1.807, 2.05) is 0 Å². The first kappa shape index (κ1) is 14.6. The summed E-state index contributed by atoms with van der Waals surface area (Å²) in [5, 5.41) is 0. The Morgan fingerprint density at radius 2 is 1.95 bits per heavy atom. The molecule has 2 rings (SSSR count). The van der Waals surface area contributed by atoms with Gasteiger partial charge in [0.1, 0.15) is 12.1 Å². The largest absolute Gasteiger partial charge is 0.438 e. The van der Waals surface area contributed by atoms with Crippen LogP contribution >= 0.6 is 38.5 Å². The van der Waals surface area contributed by atoms with Crippen LogP contribution in [0.15, 0.2) is 41.3 Å². The van der Waals surface area contributed by atoms with Gasteiger partial charge in [0.2, 0.25) is 5.88 Å². The summed E-state index contributed by atoms with van der Waals surface area (Å²) in [5.41, 5.74) is -0.0315. The summed E-state index contributed by atoms with van der Waals surface area (Å²) >= 11 is 4.90. The molecule has 0 unspecified atom stereocenters. The highest BCUT2D eigenvalue weighted by Crippen LogP contribution is 2.32. The van der Waals surface area contributed by atoms with Gasteiger partial charge in [0.05, 0.1) is 8.90 Å². The van der Waals surface area contributed by atoms with E-state index in [1.165, 1.54) is 30.6 Å². The normalized spacial score (nSPS) is 11.4. The van der Waals surface area contributed by atoms with Crippen LogP contribution in [0.3, 0.4) is 0 Å². The monoisotopic (exact) mass is 440 g/mol. The lowest BCUT2D eigenvalue weighted by Crippen LogP contribution is -2.14. The molecule has 0 saturated carbocycles. The summed E-state index contributed by atoms with van der Waals surface area (Å²) in [5.74, 6) is -2.05. The second-order valence-electron chi connectivity index (χ2n) is 3.64. The first-order valence-electron chi connectivity index (χ1n) is 5.20. The fourth-order valence-electron chi connectivity index (χ4n) is 1.33. The van der Waals surface area contributed by atoms with E-state index in [0.29, 0.717) is 16.1 Å². The number of aromatic nitrogens is 2. The summed E-state index contributed by atoms with van der Waals surface area (Å²) in [6, 6.07) is 5.68. The molecule has 0 aliphatic rings. The molecule has 3 nitrogen and oxygen atoms in total. The van der Waals surface area contributed by atoms with Crippen molar-refractivity contribution in [3.8, 4) is 11.6 Å². The van der Waals surface area contributed by atoms with Crippen molar-refractivity contribution >= 4 is 38.5 Å². The third kappa shape index (κ3) is 3.59. The minimum absolute atomic E-state index is 0.0315. The maximum absolute atomic E-state index is 13.4. The van der Waals surface area contributed by atoms with Crippen LogP contribution in [0.2, 0.25) is 0 Å². The molecule has 7 heteroatoms. The van der Waals surface area contributed by atoms with Gasteiger partial charge in [0.25, 0.3) is 5.92 Å². The summed E-state index contributed by atoms with van der Waals surface area (Å²) in [7, 11) is 0. The van der Waals surface area contributed by atoms with E-state index in [0.717, 1.165) is 0 Å². The maximum Gasteiger partial charge on any atom is 0.282 e.